The summed E-state index contributed by atoms with van der Waals surface area (Å²) in [6.07, 6.45) is 2.87. The Morgan fingerprint density at radius 2 is 2.00 bits per heavy atom. The zero-order valence-electron chi connectivity index (χ0n) is 11.0. The summed E-state index contributed by atoms with van der Waals surface area (Å²) in [5.74, 6) is -1.22. The molecule has 0 aromatic heterocycles. The number of aliphatic hydroxyl groups is 1. The van der Waals surface area contributed by atoms with E-state index in [4.69, 9.17) is 10.2 Å². The maximum atomic E-state index is 11.9. The number of likely N-dealkylation sites (tertiary alicyclic amines) is 1. The molecule has 0 radical (unpaired) electrons. The van der Waals surface area contributed by atoms with Crippen LogP contribution in [0, 0.1) is 5.41 Å². The Kier molecular flexibility index (Phi) is 4.95. The van der Waals surface area contributed by atoms with Crippen molar-refractivity contribution in [3.8, 4) is 0 Å². The van der Waals surface area contributed by atoms with E-state index in [1.807, 2.05) is 0 Å². The van der Waals surface area contributed by atoms with E-state index in [0.717, 1.165) is 19.3 Å². The van der Waals surface area contributed by atoms with Crippen molar-refractivity contribution < 1.29 is 19.8 Å². The number of hydrogen-bond acceptors (Lipinski definition) is 3. The number of carboxylic acids is 1. The first kappa shape index (κ1) is 14.8. The van der Waals surface area contributed by atoms with Crippen LogP contribution in [0.4, 0.5) is 4.79 Å². The number of aliphatic carboxylic acids is 1. The molecule has 1 atom stereocenters. The van der Waals surface area contributed by atoms with Crippen LogP contribution in [0.15, 0.2) is 0 Å². The maximum absolute atomic E-state index is 11.9. The van der Waals surface area contributed by atoms with Crippen LogP contribution in [0.5, 0.6) is 0 Å². The Labute approximate surface area is 107 Å². The van der Waals surface area contributed by atoms with Crippen molar-refractivity contribution in [3.05, 3.63) is 0 Å². The maximum Gasteiger partial charge on any atom is 0.328 e. The third-order valence-electron chi connectivity index (χ3n) is 3.41. The average molecular weight is 258 g/mol. The number of hydrogen-bond donors (Lipinski definition) is 3. The number of rotatable bonds is 3. The molecule has 0 aromatic rings. The number of urea groups is 1. The van der Waals surface area contributed by atoms with Gasteiger partial charge in [0.1, 0.15) is 0 Å². The predicted octanol–water partition coefficient (Wildman–Crippen LogP) is 0.654. The standard InChI is InChI=1S/C12H22N2O4/c1-12(2)4-3-6-14(7-5-12)11(18)13-9(8-15)10(16)17/h9,15H,3-8H2,1-2H3,(H,13,18)(H,16,17). The van der Waals surface area contributed by atoms with E-state index in [1.165, 1.54) is 0 Å². The summed E-state index contributed by atoms with van der Waals surface area (Å²) in [7, 11) is 0. The molecule has 1 aliphatic rings. The minimum atomic E-state index is -1.23. The highest BCUT2D eigenvalue weighted by Gasteiger charge is 2.27. The summed E-state index contributed by atoms with van der Waals surface area (Å²) >= 11 is 0. The fourth-order valence-electron chi connectivity index (χ4n) is 2.05. The van der Waals surface area contributed by atoms with Crippen molar-refractivity contribution in [2.75, 3.05) is 19.7 Å². The van der Waals surface area contributed by atoms with E-state index in [-0.39, 0.29) is 5.41 Å². The first-order valence-electron chi connectivity index (χ1n) is 6.25. The summed E-state index contributed by atoms with van der Waals surface area (Å²) in [4.78, 5) is 24.2. The van der Waals surface area contributed by atoms with E-state index in [1.54, 1.807) is 4.90 Å². The van der Waals surface area contributed by atoms with Gasteiger partial charge in [0.05, 0.1) is 6.61 Å². The van der Waals surface area contributed by atoms with Gasteiger partial charge in [-0.25, -0.2) is 9.59 Å². The third-order valence-corrected chi connectivity index (χ3v) is 3.41. The number of nitrogens with zero attached hydrogens (tertiary/aromatic N) is 1. The Bertz CT molecular complexity index is 317. The van der Waals surface area contributed by atoms with Gasteiger partial charge in [-0.3, -0.25) is 0 Å². The summed E-state index contributed by atoms with van der Waals surface area (Å²) < 4.78 is 0. The van der Waals surface area contributed by atoms with Gasteiger partial charge in [0.25, 0.3) is 0 Å². The molecule has 0 aliphatic carbocycles. The molecule has 3 N–H and O–H groups in total. The zero-order valence-corrected chi connectivity index (χ0v) is 11.0. The Morgan fingerprint density at radius 3 is 2.56 bits per heavy atom. The highest BCUT2D eigenvalue weighted by atomic mass is 16.4. The Morgan fingerprint density at radius 1 is 1.33 bits per heavy atom. The lowest BCUT2D eigenvalue weighted by Crippen LogP contribution is -2.49. The van der Waals surface area contributed by atoms with Gasteiger partial charge in [-0.15, -0.1) is 0 Å². The van der Waals surface area contributed by atoms with Gasteiger partial charge in [0.2, 0.25) is 0 Å². The Balaban J connectivity index is 2.54. The lowest BCUT2D eigenvalue weighted by Gasteiger charge is -2.24. The first-order chi connectivity index (χ1) is 8.35. The SMILES string of the molecule is CC1(C)CCCN(C(=O)NC(CO)C(=O)O)CC1. The van der Waals surface area contributed by atoms with Crippen LogP contribution in [0.1, 0.15) is 33.1 Å². The lowest BCUT2D eigenvalue weighted by molar-refractivity contribution is -0.140. The van der Waals surface area contributed by atoms with Crippen molar-refractivity contribution in [2.45, 2.75) is 39.2 Å². The minimum Gasteiger partial charge on any atom is -0.480 e. The second-order valence-corrected chi connectivity index (χ2v) is 5.53. The van der Waals surface area contributed by atoms with Crippen LogP contribution in [-0.2, 0) is 4.79 Å². The van der Waals surface area contributed by atoms with Crippen LogP contribution < -0.4 is 5.32 Å². The van der Waals surface area contributed by atoms with Gasteiger partial charge >= 0.3 is 12.0 Å². The minimum absolute atomic E-state index is 0.220. The molecule has 0 saturated carbocycles. The molecule has 1 heterocycles. The molecule has 104 valence electrons. The highest BCUT2D eigenvalue weighted by molar-refractivity contribution is 5.82. The predicted molar refractivity (Wildman–Crippen MR) is 66.2 cm³/mol. The highest BCUT2D eigenvalue weighted by Crippen LogP contribution is 2.29. The molecule has 0 aromatic carbocycles. The van der Waals surface area contributed by atoms with Crippen LogP contribution in [0.25, 0.3) is 0 Å². The van der Waals surface area contributed by atoms with Crippen molar-refractivity contribution >= 4 is 12.0 Å². The fourth-order valence-corrected chi connectivity index (χ4v) is 2.05. The first-order valence-corrected chi connectivity index (χ1v) is 6.25. The second kappa shape index (κ2) is 6.04. The van der Waals surface area contributed by atoms with Gasteiger partial charge in [-0.2, -0.15) is 0 Å². The number of nitrogens with one attached hydrogen (secondary N) is 1. The van der Waals surface area contributed by atoms with Gasteiger partial charge < -0.3 is 20.4 Å². The van der Waals surface area contributed by atoms with Crippen LogP contribution in [0.2, 0.25) is 0 Å². The lowest BCUT2D eigenvalue weighted by atomic mass is 9.85. The molecule has 0 bridgehead atoms. The quantitative estimate of drug-likeness (QED) is 0.693. The zero-order chi connectivity index (χ0) is 13.8. The molecule has 0 spiro atoms. The van der Waals surface area contributed by atoms with Gasteiger partial charge in [0, 0.05) is 13.1 Å². The van der Waals surface area contributed by atoms with Gasteiger partial charge in [0.15, 0.2) is 6.04 Å². The molecule has 6 heteroatoms. The number of carboxylic acid groups (broad SMARTS) is 1. The van der Waals surface area contributed by atoms with E-state index in [2.05, 4.69) is 19.2 Å². The molecule has 18 heavy (non-hydrogen) atoms. The van der Waals surface area contributed by atoms with Gasteiger partial charge in [-0.1, -0.05) is 13.8 Å². The van der Waals surface area contributed by atoms with E-state index >= 15 is 0 Å². The Hall–Kier alpha value is -1.30. The summed E-state index contributed by atoms with van der Waals surface area (Å²) in [6, 6.07) is -1.64. The third kappa shape index (κ3) is 4.18. The van der Waals surface area contributed by atoms with E-state index in [0.29, 0.717) is 13.1 Å². The largest absolute Gasteiger partial charge is 0.480 e. The smallest absolute Gasteiger partial charge is 0.328 e. The summed E-state index contributed by atoms with van der Waals surface area (Å²) in [5, 5.41) is 20.0. The number of amides is 2. The molecule has 1 saturated heterocycles. The van der Waals surface area contributed by atoms with Crippen molar-refractivity contribution in [2.24, 2.45) is 5.41 Å². The van der Waals surface area contributed by atoms with Crippen LogP contribution in [-0.4, -0.2) is 52.9 Å². The molecule has 1 rings (SSSR count). The number of carbonyl (C=O) groups excluding carboxylic acids is 1. The van der Waals surface area contributed by atoms with Crippen molar-refractivity contribution in [1.82, 2.24) is 10.2 Å². The molecule has 1 aliphatic heterocycles. The summed E-state index contributed by atoms with van der Waals surface area (Å²) in [5.41, 5.74) is 0.220. The second-order valence-electron chi connectivity index (χ2n) is 5.53. The van der Waals surface area contributed by atoms with Gasteiger partial charge in [-0.05, 0) is 24.7 Å². The molecule has 1 unspecified atom stereocenters. The topological polar surface area (TPSA) is 89.9 Å². The van der Waals surface area contributed by atoms with Crippen LogP contribution >= 0.6 is 0 Å². The average Bonchev–Trinajstić information content (AvgIpc) is 2.46. The summed E-state index contributed by atoms with van der Waals surface area (Å²) in [6.45, 7) is 4.99. The number of aliphatic hydroxyl groups excluding tert-OH is 1. The van der Waals surface area contributed by atoms with Crippen molar-refractivity contribution in [3.63, 3.8) is 0 Å². The van der Waals surface area contributed by atoms with Crippen molar-refractivity contribution in [1.29, 1.82) is 0 Å². The normalized spacial score (nSPS) is 20.9. The molecular formula is C12H22N2O4. The van der Waals surface area contributed by atoms with E-state index < -0.39 is 24.6 Å². The monoisotopic (exact) mass is 258 g/mol. The number of carbonyl (C=O) groups is 2. The molecule has 1 fully saturated rings. The fraction of sp³-hybridized carbons (Fsp3) is 0.833. The molecule has 2 amide bonds. The van der Waals surface area contributed by atoms with Crippen LogP contribution in [0.3, 0.4) is 0 Å². The van der Waals surface area contributed by atoms with E-state index in [9.17, 15) is 9.59 Å². The molecule has 6 nitrogen and oxygen atoms in total. The molecular weight excluding hydrogens is 236 g/mol.